The highest BCUT2D eigenvalue weighted by Gasteiger charge is 1.93. The molecule has 0 aliphatic heterocycles. The van der Waals surface area contributed by atoms with Crippen molar-refractivity contribution in [2.75, 3.05) is 11.9 Å². The molecule has 0 aliphatic carbocycles. The molecule has 1 rings (SSSR count). The molecule has 1 N–H and O–H groups in total. The molecular weight excluding hydrogens is 154 g/mol. The van der Waals surface area contributed by atoms with Crippen molar-refractivity contribution in [2.24, 2.45) is 0 Å². The molecular formula is C9H13NS. The predicted octanol–water partition coefficient (Wildman–Crippen LogP) is 2.72. The van der Waals surface area contributed by atoms with Crippen LogP contribution in [0.15, 0.2) is 23.1 Å². The van der Waals surface area contributed by atoms with Crippen LogP contribution in [0.25, 0.3) is 0 Å². The van der Waals surface area contributed by atoms with Gasteiger partial charge < -0.3 is 5.32 Å². The second-order valence-corrected chi connectivity index (χ2v) is 3.01. The fourth-order valence-corrected chi connectivity index (χ4v) is 1.14. The lowest BCUT2D eigenvalue weighted by Gasteiger charge is -2.04. The monoisotopic (exact) mass is 167 g/mol. The van der Waals surface area contributed by atoms with Crippen LogP contribution in [0.1, 0.15) is 12.5 Å². The molecule has 0 saturated heterocycles. The van der Waals surface area contributed by atoms with E-state index in [1.807, 2.05) is 6.07 Å². The summed E-state index contributed by atoms with van der Waals surface area (Å²) in [5, 5.41) is 3.23. The molecule has 0 aromatic heterocycles. The van der Waals surface area contributed by atoms with Crippen molar-refractivity contribution in [3.63, 3.8) is 0 Å². The maximum atomic E-state index is 4.32. The minimum atomic E-state index is 0.955. The number of rotatable bonds is 2. The normalized spacial score (nSPS) is 9.73. The zero-order valence-electron chi connectivity index (χ0n) is 6.89. The number of anilines is 1. The largest absolute Gasteiger partial charge is 0.385 e. The third-order valence-corrected chi connectivity index (χ3v) is 2.07. The van der Waals surface area contributed by atoms with Gasteiger partial charge in [0.05, 0.1) is 0 Å². The van der Waals surface area contributed by atoms with Crippen molar-refractivity contribution in [2.45, 2.75) is 18.7 Å². The first-order valence-electron chi connectivity index (χ1n) is 3.77. The van der Waals surface area contributed by atoms with E-state index in [9.17, 15) is 0 Å². The van der Waals surface area contributed by atoms with Crippen molar-refractivity contribution in [3.05, 3.63) is 23.8 Å². The van der Waals surface area contributed by atoms with Crippen LogP contribution < -0.4 is 5.32 Å². The predicted molar refractivity (Wildman–Crippen MR) is 52.6 cm³/mol. The van der Waals surface area contributed by atoms with Crippen molar-refractivity contribution in [1.29, 1.82) is 0 Å². The summed E-state index contributed by atoms with van der Waals surface area (Å²) >= 11 is 4.32. The molecule has 0 radical (unpaired) electrons. The fourth-order valence-electron chi connectivity index (χ4n) is 0.923. The van der Waals surface area contributed by atoms with Crippen LogP contribution in [0, 0.1) is 6.92 Å². The van der Waals surface area contributed by atoms with Gasteiger partial charge in [-0.15, -0.1) is 12.6 Å². The maximum absolute atomic E-state index is 4.32. The summed E-state index contributed by atoms with van der Waals surface area (Å²) in [6.45, 7) is 5.09. The molecule has 1 nitrogen and oxygen atoms in total. The summed E-state index contributed by atoms with van der Waals surface area (Å²) in [6, 6.07) is 6.18. The Balaban J connectivity index is 2.86. The van der Waals surface area contributed by atoms with Crippen LogP contribution in [0.2, 0.25) is 0 Å². The van der Waals surface area contributed by atoms with Gasteiger partial charge in [0.25, 0.3) is 0 Å². The highest BCUT2D eigenvalue weighted by molar-refractivity contribution is 7.80. The average molecular weight is 167 g/mol. The maximum Gasteiger partial charge on any atom is 0.0351 e. The van der Waals surface area contributed by atoms with Gasteiger partial charge >= 0.3 is 0 Å². The van der Waals surface area contributed by atoms with Gasteiger partial charge in [0.15, 0.2) is 0 Å². The van der Waals surface area contributed by atoms with Crippen molar-refractivity contribution in [3.8, 4) is 0 Å². The summed E-state index contributed by atoms with van der Waals surface area (Å²) in [4.78, 5) is 1.04. The molecule has 1 aromatic carbocycles. The van der Waals surface area contributed by atoms with E-state index in [-0.39, 0.29) is 0 Å². The molecule has 0 heterocycles. The van der Waals surface area contributed by atoms with Crippen molar-refractivity contribution < 1.29 is 0 Å². The highest BCUT2D eigenvalue weighted by atomic mass is 32.1. The first-order valence-corrected chi connectivity index (χ1v) is 4.22. The lowest BCUT2D eigenvalue weighted by atomic mass is 10.2. The Labute approximate surface area is 73.2 Å². The lowest BCUT2D eigenvalue weighted by Crippen LogP contribution is -1.96. The first kappa shape index (κ1) is 8.47. The number of aryl methyl sites for hydroxylation is 1. The van der Waals surface area contributed by atoms with Crippen molar-refractivity contribution >= 4 is 18.3 Å². The van der Waals surface area contributed by atoms with Crippen LogP contribution in [0.4, 0.5) is 5.69 Å². The van der Waals surface area contributed by atoms with Crippen LogP contribution in [-0.2, 0) is 0 Å². The van der Waals surface area contributed by atoms with Crippen LogP contribution >= 0.6 is 12.6 Å². The van der Waals surface area contributed by atoms with Gasteiger partial charge in [-0.2, -0.15) is 0 Å². The molecule has 0 bridgehead atoms. The van der Waals surface area contributed by atoms with Gasteiger partial charge in [-0.25, -0.2) is 0 Å². The van der Waals surface area contributed by atoms with E-state index < -0.39 is 0 Å². The quantitative estimate of drug-likeness (QED) is 0.645. The highest BCUT2D eigenvalue weighted by Crippen LogP contribution is 2.17. The molecule has 1 aromatic rings. The third-order valence-electron chi connectivity index (χ3n) is 1.59. The molecule has 0 saturated carbocycles. The molecule has 11 heavy (non-hydrogen) atoms. The summed E-state index contributed by atoms with van der Waals surface area (Å²) in [7, 11) is 0. The topological polar surface area (TPSA) is 12.0 Å². The fraction of sp³-hybridized carbons (Fsp3) is 0.333. The standard InChI is InChI=1S/C9H13NS/c1-3-10-8-5-4-7(2)9(11)6-8/h4-6,10-11H,3H2,1-2H3. The van der Waals surface area contributed by atoms with E-state index in [4.69, 9.17) is 0 Å². The minimum Gasteiger partial charge on any atom is -0.385 e. The number of nitrogens with one attached hydrogen (secondary N) is 1. The smallest absolute Gasteiger partial charge is 0.0351 e. The van der Waals surface area contributed by atoms with Gasteiger partial charge in [0.2, 0.25) is 0 Å². The van der Waals surface area contributed by atoms with Gasteiger partial charge in [-0.05, 0) is 31.5 Å². The first-order chi connectivity index (χ1) is 5.24. The Morgan fingerprint density at radius 3 is 2.73 bits per heavy atom. The second-order valence-electron chi connectivity index (χ2n) is 2.53. The van der Waals surface area contributed by atoms with E-state index in [0.717, 1.165) is 17.1 Å². The Hall–Kier alpha value is -0.630. The Morgan fingerprint density at radius 2 is 2.18 bits per heavy atom. The molecule has 0 unspecified atom stereocenters. The van der Waals surface area contributed by atoms with Gasteiger partial charge in [0, 0.05) is 17.1 Å². The number of hydrogen-bond donors (Lipinski definition) is 2. The molecule has 60 valence electrons. The van der Waals surface area contributed by atoms with Crippen molar-refractivity contribution in [1.82, 2.24) is 0 Å². The van der Waals surface area contributed by atoms with E-state index in [1.165, 1.54) is 5.56 Å². The summed E-state index contributed by atoms with van der Waals surface area (Å²) in [5.74, 6) is 0. The number of thiol groups is 1. The second kappa shape index (κ2) is 3.67. The van der Waals surface area contributed by atoms with Gasteiger partial charge in [0.1, 0.15) is 0 Å². The van der Waals surface area contributed by atoms with Crippen LogP contribution in [0.3, 0.4) is 0 Å². The molecule has 0 amide bonds. The zero-order valence-corrected chi connectivity index (χ0v) is 7.78. The van der Waals surface area contributed by atoms with Gasteiger partial charge in [-0.3, -0.25) is 0 Å². The average Bonchev–Trinajstić information content (AvgIpc) is 1.98. The van der Waals surface area contributed by atoms with Crippen LogP contribution in [-0.4, -0.2) is 6.54 Å². The van der Waals surface area contributed by atoms with E-state index in [1.54, 1.807) is 0 Å². The van der Waals surface area contributed by atoms with E-state index in [0.29, 0.717) is 0 Å². The lowest BCUT2D eigenvalue weighted by molar-refractivity contribution is 1.19. The molecule has 0 atom stereocenters. The third kappa shape index (κ3) is 2.15. The van der Waals surface area contributed by atoms with Gasteiger partial charge in [-0.1, -0.05) is 6.07 Å². The molecule has 0 spiro atoms. The summed E-state index contributed by atoms with van der Waals surface area (Å²) in [5.41, 5.74) is 2.36. The number of hydrogen-bond acceptors (Lipinski definition) is 2. The Morgan fingerprint density at radius 1 is 1.45 bits per heavy atom. The number of benzene rings is 1. The summed E-state index contributed by atoms with van der Waals surface area (Å²) < 4.78 is 0. The molecule has 0 fully saturated rings. The van der Waals surface area contributed by atoms with E-state index >= 15 is 0 Å². The minimum absolute atomic E-state index is 0.955. The molecule has 0 aliphatic rings. The Bertz CT molecular complexity index is 245. The van der Waals surface area contributed by atoms with E-state index in [2.05, 4.69) is 43.9 Å². The van der Waals surface area contributed by atoms with Crippen LogP contribution in [0.5, 0.6) is 0 Å². The SMILES string of the molecule is CCNc1ccc(C)c(S)c1. The zero-order chi connectivity index (χ0) is 8.27. The summed E-state index contributed by atoms with van der Waals surface area (Å²) in [6.07, 6.45) is 0. The molecule has 2 heteroatoms. The Kier molecular flexibility index (Phi) is 2.83.